The van der Waals surface area contributed by atoms with E-state index in [4.69, 9.17) is 32.7 Å². The Morgan fingerprint density at radius 2 is 1.93 bits per heavy atom. The highest BCUT2D eigenvalue weighted by molar-refractivity contribution is 6.42. The second kappa shape index (κ2) is 10.00. The Balaban J connectivity index is 1.82. The Labute approximate surface area is 167 Å². The first-order valence-electron chi connectivity index (χ1n) is 8.12. The van der Waals surface area contributed by atoms with Crippen molar-refractivity contribution in [3.8, 4) is 5.75 Å². The van der Waals surface area contributed by atoms with Crippen LogP contribution in [-0.4, -0.2) is 25.6 Å². The van der Waals surface area contributed by atoms with Crippen LogP contribution in [0, 0.1) is 0 Å². The number of hydrogen-bond donors (Lipinski definition) is 1. The largest absolute Gasteiger partial charge is 0.497 e. The van der Waals surface area contributed by atoms with E-state index < -0.39 is 11.9 Å². The van der Waals surface area contributed by atoms with Gasteiger partial charge in [-0.15, -0.1) is 0 Å². The van der Waals surface area contributed by atoms with Crippen LogP contribution < -0.4 is 10.1 Å². The third-order valence-electron chi connectivity index (χ3n) is 3.67. The minimum atomic E-state index is -0.616. The summed E-state index contributed by atoms with van der Waals surface area (Å²) in [6.45, 7) is 1.41. The van der Waals surface area contributed by atoms with Gasteiger partial charge in [0.05, 0.1) is 23.2 Å². The van der Waals surface area contributed by atoms with Gasteiger partial charge in [-0.3, -0.25) is 4.79 Å². The van der Waals surface area contributed by atoms with Gasteiger partial charge in [0, 0.05) is 6.08 Å². The van der Waals surface area contributed by atoms with Crippen molar-refractivity contribution >= 4 is 41.2 Å². The Kier molecular flexibility index (Phi) is 7.70. The molecular weight excluding hydrogens is 389 g/mol. The van der Waals surface area contributed by atoms with E-state index >= 15 is 0 Å². The number of halogens is 2. The fraction of sp³-hybridized carbons (Fsp3) is 0.200. The van der Waals surface area contributed by atoms with Crippen molar-refractivity contribution in [3.63, 3.8) is 0 Å². The maximum Gasteiger partial charge on any atom is 0.331 e. The van der Waals surface area contributed by atoms with E-state index in [0.717, 1.165) is 11.1 Å². The molecule has 0 unspecified atom stereocenters. The highest BCUT2D eigenvalue weighted by atomic mass is 35.5. The Morgan fingerprint density at radius 1 is 1.15 bits per heavy atom. The van der Waals surface area contributed by atoms with Crippen LogP contribution in [0.5, 0.6) is 5.75 Å². The summed E-state index contributed by atoms with van der Waals surface area (Å²) in [6, 6.07) is 12.0. The number of carbonyl (C=O) groups excluding carboxylic acids is 2. The Hall–Kier alpha value is -2.50. The minimum absolute atomic E-state index is 0.307. The summed E-state index contributed by atoms with van der Waals surface area (Å²) in [5, 5.41) is 3.58. The lowest BCUT2D eigenvalue weighted by Gasteiger charge is -2.14. The number of carbonyl (C=O) groups is 2. The third-order valence-corrected chi connectivity index (χ3v) is 4.41. The van der Waals surface area contributed by atoms with Crippen molar-refractivity contribution in [1.29, 1.82) is 0 Å². The van der Waals surface area contributed by atoms with Crippen LogP contribution in [0.3, 0.4) is 0 Å². The molecule has 0 spiro atoms. The molecule has 1 atom stereocenters. The fourth-order valence-electron chi connectivity index (χ4n) is 2.24. The van der Waals surface area contributed by atoms with Gasteiger partial charge in [-0.1, -0.05) is 41.4 Å². The highest BCUT2D eigenvalue weighted by Gasteiger charge is 2.12. The van der Waals surface area contributed by atoms with Crippen molar-refractivity contribution in [2.75, 3.05) is 13.7 Å². The first-order chi connectivity index (χ1) is 12.9. The van der Waals surface area contributed by atoms with Crippen molar-refractivity contribution < 1.29 is 19.1 Å². The van der Waals surface area contributed by atoms with Crippen LogP contribution in [0.25, 0.3) is 6.08 Å². The van der Waals surface area contributed by atoms with E-state index in [2.05, 4.69) is 5.32 Å². The molecule has 2 aromatic carbocycles. The molecule has 27 heavy (non-hydrogen) atoms. The summed E-state index contributed by atoms with van der Waals surface area (Å²) < 4.78 is 10.1. The topological polar surface area (TPSA) is 64.6 Å². The summed E-state index contributed by atoms with van der Waals surface area (Å²) in [7, 11) is 1.56. The van der Waals surface area contributed by atoms with Gasteiger partial charge >= 0.3 is 5.97 Å². The number of rotatable bonds is 7. The molecule has 7 heteroatoms. The summed E-state index contributed by atoms with van der Waals surface area (Å²) >= 11 is 11.8. The summed E-state index contributed by atoms with van der Waals surface area (Å²) in [5.74, 6) is -0.354. The fourth-order valence-corrected chi connectivity index (χ4v) is 2.55. The van der Waals surface area contributed by atoms with Crippen molar-refractivity contribution in [3.05, 3.63) is 69.7 Å². The lowest BCUT2D eigenvalue weighted by molar-refractivity contribution is -0.144. The molecule has 0 heterocycles. The van der Waals surface area contributed by atoms with Crippen LogP contribution in [0.4, 0.5) is 0 Å². The van der Waals surface area contributed by atoms with Crippen LogP contribution >= 0.6 is 23.2 Å². The SMILES string of the molecule is COc1cccc(/C=C/C(=O)OCC(=O)N[C@@H](C)c2ccc(Cl)c(Cl)c2)c1. The normalized spacial score (nSPS) is 11.9. The van der Waals surface area contributed by atoms with Crippen LogP contribution in [0.15, 0.2) is 48.5 Å². The molecule has 2 rings (SSSR count). The van der Waals surface area contributed by atoms with Gasteiger partial charge in [-0.2, -0.15) is 0 Å². The van der Waals surface area contributed by atoms with Gasteiger partial charge in [0.15, 0.2) is 6.61 Å². The van der Waals surface area contributed by atoms with E-state index in [9.17, 15) is 9.59 Å². The van der Waals surface area contributed by atoms with Crippen LogP contribution in [-0.2, 0) is 14.3 Å². The Bertz CT molecular complexity index is 852. The first kappa shape index (κ1) is 20.8. The molecule has 0 bridgehead atoms. The van der Waals surface area contributed by atoms with E-state index in [1.807, 2.05) is 12.1 Å². The van der Waals surface area contributed by atoms with Crippen LogP contribution in [0.2, 0.25) is 10.0 Å². The number of esters is 1. The van der Waals surface area contributed by atoms with Crippen molar-refractivity contribution in [2.45, 2.75) is 13.0 Å². The highest BCUT2D eigenvalue weighted by Crippen LogP contribution is 2.25. The summed E-state index contributed by atoms with van der Waals surface area (Å²) in [5.41, 5.74) is 1.57. The molecule has 0 radical (unpaired) electrons. The predicted octanol–water partition coefficient (Wildman–Crippen LogP) is 4.44. The zero-order valence-corrected chi connectivity index (χ0v) is 16.4. The van der Waals surface area contributed by atoms with Crippen LogP contribution in [0.1, 0.15) is 24.1 Å². The zero-order valence-electron chi connectivity index (χ0n) is 14.9. The number of ether oxygens (including phenoxy) is 2. The van der Waals surface area contributed by atoms with E-state index in [1.165, 1.54) is 6.08 Å². The molecule has 0 aliphatic carbocycles. The van der Waals surface area contributed by atoms with Gasteiger partial charge in [-0.25, -0.2) is 4.79 Å². The molecule has 0 saturated heterocycles. The molecular formula is C20H19Cl2NO4. The Morgan fingerprint density at radius 3 is 2.63 bits per heavy atom. The first-order valence-corrected chi connectivity index (χ1v) is 8.88. The maximum absolute atomic E-state index is 12.0. The van der Waals surface area contributed by atoms with Gasteiger partial charge < -0.3 is 14.8 Å². The molecule has 142 valence electrons. The molecule has 1 N–H and O–H groups in total. The molecule has 0 fully saturated rings. The molecule has 0 aliphatic heterocycles. The zero-order chi connectivity index (χ0) is 19.8. The second-order valence-electron chi connectivity index (χ2n) is 5.68. The van der Waals surface area contributed by atoms with E-state index in [0.29, 0.717) is 15.8 Å². The van der Waals surface area contributed by atoms with Crippen molar-refractivity contribution in [2.24, 2.45) is 0 Å². The van der Waals surface area contributed by atoms with Crippen molar-refractivity contribution in [1.82, 2.24) is 5.32 Å². The standard InChI is InChI=1S/C20H19Cl2NO4/c1-13(15-7-8-17(21)18(22)11-15)23-19(24)12-27-20(25)9-6-14-4-3-5-16(10-14)26-2/h3-11,13H,12H2,1-2H3,(H,23,24)/b9-6+/t13-/m0/s1. The monoisotopic (exact) mass is 407 g/mol. The average Bonchev–Trinajstić information content (AvgIpc) is 2.67. The number of benzene rings is 2. The predicted molar refractivity (Wildman–Crippen MR) is 106 cm³/mol. The molecule has 0 aliphatic rings. The van der Waals surface area contributed by atoms with Gasteiger partial charge in [0.25, 0.3) is 5.91 Å². The third kappa shape index (κ3) is 6.62. The quantitative estimate of drug-likeness (QED) is 0.544. The van der Waals surface area contributed by atoms with Gasteiger partial charge in [-0.05, 0) is 48.4 Å². The van der Waals surface area contributed by atoms with E-state index in [-0.39, 0.29) is 12.6 Å². The summed E-state index contributed by atoms with van der Waals surface area (Å²) in [6.07, 6.45) is 2.84. The molecule has 5 nitrogen and oxygen atoms in total. The molecule has 2 aromatic rings. The second-order valence-corrected chi connectivity index (χ2v) is 6.49. The lowest BCUT2D eigenvalue weighted by Crippen LogP contribution is -2.30. The minimum Gasteiger partial charge on any atom is -0.497 e. The number of amides is 1. The number of nitrogens with one attached hydrogen (secondary N) is 1. The number of methoxy groups -OCH3 is 1. The van der Waals surface area contributed by atoms with E-state index in [1.54, 1.807) is 50.4 Å². The lowest BCUT2D eigenvalue weighted by atomic mass is 10.1. The molecule has 0 saturated carbocycles. The molecule has 0 aromatic heterocycles. The average molecular weight is 408 g/mol. The van der Waals surface area contributed by atoms with Gasteiger partial charge in [0.2, 0.25) is 0 Å². The molecule has 1 amide bonds. The summed E-state index contributed by atoms with van der Waals surface area (Å²) in [4.78, 5) is 23.7. The van der Waals surface area contributed by atoms with Gasteiger partial charge in [0.1, 0.15) is 5.75 Å². The number of hydrogen-bond acceptors (Lipinski definition) is 4. The maximum atomic E-state index is 12.0. The smallest absolute Gasteiger partial charge is 0.331 e.